The summed E-state index contributed by atoms with van der Waals surface area (Å²) >= 11 is 0. The van der Waals surface area contributed by atoms with Crippen LogP contribution in [0.25, 0.3) is 11.1 Å². The van der Waals surface area contributed by atoms with Crippen LogP contribution in [-0.4, -0.2) is 27.5 Å². The van der Waals surface area contributed by atoms with Crippen molar-refractivity contribution in [3.05, 3.63) is 60.3 Å². The fraction of sp³-hybridized carbons (Fsp3) is 0.217. The average Bonchev–Trinajstić information content (AvgIpc) is 3.25. The number of fused-ring (bicyclic) bond motifs is 1. The zero-order valence-corrected chi connectivity index (χ0v) is 17.3. The van der Waals surface area contributed by atoms with E-state index in [1.807, 2.05) is 37.3 Å². The lowest BCUT2D eigenvalue weighted by Gasteiger charge is -2.11. The van der Waals surface area contributed by atoms with E-state index in [1.165, 1.54) is 6.92 Å². The van der Waals surface area contributed by atoms with Crippen molar-refractivity contribution < 1.29 is 14.4 Å². The number of aromatic nitrogens is 2. The number of nitrogens with one attached hydrogen (secondary N) is 3. The van der Waals surface area contributed by atoms with Crippen LogP contribution >= 0.6 is 0 Å². The zero-order chi connectivity index (χ0) is 22.0. The summed E-state index contributed by atoms with van der Waals surface area (Å²) in [7, 11) is 0. The van der Waals surface area contributed by atoms with Gasteiger partial charge in [0.15, 0.2) is 0 Å². The number of amides is 3. The van der Waals surface area contributed by atoms with Crippen LogP contribution in [0.2, 0.25) is 0 Å². The minimum atomic E-state index is -0.712. The van der Waals surface area contributed by atoms with E-state index in [0.29, 0.717) is 23.6 Å². The summed E-state index contributed by atoms with van der Waals surface area (Å²) in [6.07, 6.45) is 0.672. The van der Waals surface area contributed by atoms with Gasteiger partial charge in [-0.1, -0.05) is 37.3 Å². The fourth-order valence-corrected chi connectivity index (χ4v) is 3.70. The number of benzene rings is 2. The third-order valence-electron chi connectivity index (χ3n) is 5.09. The van der Waals surface area contributed by atoms with Crippen LogP contribution in [-0.2, 0) is 20.8 Å². The molecule has 0 saturated carbocycles. The summed E-state index contributed by atoms with van der Waals surface area (Å²) < 4.78 is 1.63. The number of aryl methyl sites for hydroxylation is 1. The molecule has 0 bridgehead atoms. The molecule has 0 radical (unpaired) electrons. The Kier molecular flexibility index (Phi) is 5.53. The van der Waals surface area contributed by atoms with Gasteiger partial charge in [0, 0.05) is 23.9 Å². The minimum absolute atomic E-state index is 0.0364. The third kappa shape index (κ3) is 4.18. The van der Waals surface area contributed by atoms with Gasteiger partial charge >= 0.3 is 0 Å². The van der Waals surface area contributed by atoms with Gasteiger partial charge in [0.2, 0.25) is 11.8 Å². The first-order valence-electron chi connectivity index (χ1n) is 10.1. The van der Waals surface area contributed by atoms with Gasteiger partial charge < -0.3 is 16.0 Å². The molecule has 3 aromatic rings. The summed E-state index contributed by atoms with van der Waals surface area (Å²) in [6, 6.07) is 15.9. The lowest BCUT2D eigenvalue weighted by atomic mass is 10.0. The lowest BCUT2D eigenvalue weighted by molar-refractivity contribution is -0.123. The fourth-order valence-electron chi connectivity index (χ4n) is 3.70. The molecule has 3 N–H and O–H groups in total. The number of anilines is 3. The second kappa shape index (κ2) is 8.43. The zero-order valence-electron chi connectivity index (χ0n) is 17.3. The Labute approximate surface area is 179 Å². The standard InChI is InChI=1S/C23H23N5O3/c1-3-18-21(15-7-5-4-6-8-15)22-26-23(31)19(28(22)27-18)13-20(30)25-17-11-9-16(10-12-17)24-14(2)29/h4-12,19H,3,13H2,1-2H3,(H,24,29)(H,25,30)(H,26,31). The molecule has 1 aliphatic rings. The molecule has 1 aliphatic heterocycles. The van der Waals surface area contributed by atoms with E-state index in [9.17, 15) is 14.4 Å². The van der Waals surface area contributed by atoms with Crippen molar-refractivity contribution in [1.29, 1.82) is 0 Å². The van der Waals surface area contributed by atoms with Crippen LogP contribution in [0.5, 0.6) is 0 Å². The Bertz CT molecular complexity index is 1140. The minimum Gasteiger partial charge on any atom is -0.326 e. The van der Waals surface area contributed by atoms with Crippen molar-refractivity contribution in [2.24, 2.45) is 0 Å². The topological polar surface area (TPSA) is 105 Å². The first kappa shape index (κ1) is 20.3. The maximum Gasteiger partial charge on any atom is 0.251 e. The highest BCUT2D eigenvalue weighted by atomic mass is 16.2. The van der Waals surface area contributed by atoms with Crippen LogP contribution in [0, 0.1) is 0 Å². The van der Waals surface area contributed by atoms with Gasteiger partial charge in [-0.3, -0.25) is 14.4 Å². The molecule has 31 heavy (non-hydrogen) atoms. The molecule has 1 unspecified atom stereocenters. The second-order valence-electron chi connectivity index (χ2n) is 7.35. The quantitative estimate of drug-likeness (QED) is 0.570. The maximum atomic E-state index is 12.6. The Morgan fingerprint density at radius 3 is 2.29 bits per heavy atom. The Hall–Kier alpha value is -3.94. The number of rotatable bonds is 6. The number of nitrogens with zero attached hydrogens (tertiary/aromatic N) is 2. The lowest BCUT2D eigenvalue weighted by Crippen LogP contribution is -2.24. The molecule has 3 amide bonds. The summed E-state index contributed by atoms with van der Waals surface area (Å²) in [5.41, 5.74) is 3.97. The van der Waals surface area contributed by atoms with Gasteiger partial charge in [0.1, 0.15) is 11.9 Å². The van der Waals surface area contributed by atoms with E-state index in [2.05, 4.69) is 21.0 Å². The van der Waals surface area contributed by atoms with Crippen LogP contribution in [0.3, 0.4) is 0 Å². The van der Waals surface area contributed by atoms with E-state index in [0.717, 1.165) is 16.8 Å². The molecule has 0 fully saturated rings. The molecule has 4 rings (SSSR count). The predicted molar refractivity (Wildman–Crippen MR) is 119 cm³/mol. The first-order valence-corrected chi connectivity index (χ1v) is 10.1. The van der Waals surface area contributed by atoms with Crippen molar-refractivity contribution in [3.63, 3.8) is 0 Å². The summed E-state index contributed by atoms with van der Waals surface area (Å²) in [6.45, 7) is 3.44. The van der Waals surface area contributed by atoms with Gasteiger partial charge in [-0.2, -0.15) is 5.10 Å². The Balaban J connectivity index is 1.52. The molecule has 2 aromatic carbocycles. The smallest absolute Gasteiger partial charge is 0.251 e. The van der Waals surface area contributed by atoms with E-state index < -0.39 is 6.04 Å². The average molecular weight is 417 g/mol. The number of hydrogen-bond acceptors (Lipinski definition) is 4. The number of carbonyl (C=O) groups excluding carboxylic acids is 3. The van der Waals surface area contributed by atoms with Gasteiger partial charge in [-0.15, -0.1) is 0 Å². The molecule has 2 heterocycles. The van der Waals surface area contributed by atoms with Gasteiger partial charge in [0.25, 0.3) is 5.91 Å². The molecule has 0 spiro atoms. The molecule has 158 valence electrons. The largest absolute Gasteiger partial charge is 0.326 e. The van der Waals surface area contributed by atoms with E-state index in [1.54, 1.807) is 28.9 Å². The van der Waals surface area contributed by atoms with Crippen LogP contribution in [0.15, 0.2) is 54.6 Å². The SMILES string of the molecule is CCc1nn2c(c1-c1ccccc1)NC(=O)C2CC(=O)Nc1ccc(NC(C)=O)cc1. The monoisotopic (exact) mass is 417 g/mol. The van der Waals surface area contributed by atoms with Crippen molar-refractivity contribution in [1.82, 2.24) is 9.78 Å². The van der Waals surface area contributed by atoms with Crippen LogP contribution in [0.4, 0.5) is 17.2 Å². The van der Waals surface area contributed by atoms with Gasteiger partial charge in [-0.05, 0) is 36.2 Å². The third-order valence-corrected chi connectivity index (χ3v) is 5.09. The van der Waals surface area contributed by atoms with Crippen LogP contribution in [0.1, 0.15) is 32.0 Å². The highest BCUT2D eigenvalue weighted by Crippen LogP contribution is 2.38. The van der Waals surface area contributed by atoms with E-state index in [-0.39, 0.29) is 24.1 Å². The van der Waals surface area contributed by atoms with Crippen molar-refractivity contribution in [2.45, 2.75) is 32.7 Å². The maximum absolute atomic E-state index is 12.6. The van der Waals surface area contributed by atoms with Crippen molar-refractivity contribution >= 4 is 34.9 Å². The number of hydrogen-bond donors (Lipinski definition) is 3. The summed E-state index contributed by atoms with van der Waals surface area (Å²) in [5.74, 6) is -0.0838. The molecule has 0 saturated heterocycles. The molecular formula is C23H23N5O3. The highest BCUT2D eigenvalue weighted by Gasteiger charge is 2.36. The summed E-state index contributed by atoms with van der Waals surface area (Å²) in [5, 5.41) is 13.0. The van der Waals surface area contributed by atoms with Gasteiger partial charge in [-0.25, -0.2) is 4.68 Å². The second-order valence-corrected chi connectivity index (χ2v) is 7.35. The molecular weight excluding hydrogens is 394 g/mol. The molecule has 8 nitrogen and oxygen atoms in total. The van der Waals surface area contributed by atoms with Crippen molar-refractivity contribution in [3.8, 4) is 11.1 Å². The normalized spacial score (nSPS) is 14.6. The van der Waals surface area contributed by atoms with Crippen molar-refractivity contribution in [2.75, 3.05) is 16.0 Å². The van der Waals surface area contributed by atoms with E-state index in [4.69, 9.17) is 0 Å². The molecule has 8 heteroatoms. The molecule has 1 aromatic heterocycles. The summed E-state index contributed by atoms with van der Waals surface area (Å²) in [4.78, 5) is 36.3. The number of carbonyl (C=O) groups is 3. The first-order chi connectivity index (χ1) is 15.0. The van der Waals surface area contributed by atoms with Gasteiger partial charge in [0.05, 0.1) is 12.1 Å². The predicted octanol–water partition coefficient (Wildman–Crippen LogP) is 3.59. The molecule has 1 atom stereocenters. The van der Waals surface area contributed by atoms with Crippen LogP contribution < -0.4 is 16.0 Å². The molecule has 0 aliphatic carbocycles. The van der Waals surface area contributed by atoms with E-state index >= 15 is 0 Å². The Morgan fingerprint density at radius 1 is 1.03 bits per heavy atom. The Morgan fingerprint density at radius 2 is 1.68 bits per heavy atom. The highest BCUT2D eigenvalue weighted by molar-refractivity contribution is 6.04.